The lowest BCUT2D eigenvalue weighted by Gasteiger charge is -2.03. The molecule has 0 aromatic carbocycles. The zero-order valence-electron chi connectivity index (χ0n) is 6.94. The number of sulfone groups is 1. The molecule has 0 spiro atoms. The first-order valence-corrected chi connectivity index (χ1v) is 8.21. The summed E-state index contributed by atoms with van der Waals surface area (Å²) >= 11 is 0. The van der Waals surface area contributed by atoms with Gasteiger partial charge in [0.25, 0.3) is 0 Å². The molecule has 1 aliphatic heterocycles. The van der Waals surface area contributed by atoms with Crippen molar-refractivity contribution in [2.75, 3.05) is 17.3 Å². The van der Waals surface area contributed by atoms with E-state index >= 15 is 0 Å². The Hall–Kier alpha value is 0.190. The van der Waals surface area contributed by atoms with E-state index in [-0.39, 0.29) is 23.2 Å². The van der Waals surface area contributed by atoms with Crippen LogP contribution in [0.2, 0.25) is 0 Å². The largest absolute Gasteiger partial charge is 0.232 e. The van der Waals surface area contributed by atoms with Crippen molar-refractivity contribution in [2.24, 2.45) is 5.92 Å². The van der Waals surface area contributed by atoms with Crippen molar-refractivity contribution in [1.82, 2.24) is 0 Å². The van der Waals surface area contributed by atoms with Gasteiger partial charge in [0.1, 0.15) is 0 Å². The summed E-state index contributed by atoms with van der Waals surface area (Å²) in [6.45, 7) is 0. The van der Waals surface area contributed by atoms with Crippen molar-refractivity contribution < 1.29 is 16.8 Å². The van der Waals surface area contributed by atoms with Gasteiger partial charge in [0.05, 0.1) is 17.3 Å². The van der Waals surface area contributed by atoms with Gasteiger partial charge in [0.15, 0.2) is 9.84 Å². The topological polar surface area (TPSA) is 68.3 Å². The molecule has 0 bridgehead atoms. The Morgan fingerprint density at radius 3 is 2.38 bits per heavy atom. The standard InChI is InChI=1S/C6H11ClO4S2/c7-13(10,11)4-2-6-1-3-12(8,9)5-6/h6H,1-5H2/t6-/m0/s1. The van der Waals surface area contributed by atoms with E-state index in [1.165, 1.54) is 0 Å². The summed E-state index contributed by atoms with van der Waals surface area (Å²) < 4.78 is 43.1. The number of halogens is 1. The molecule has 0 amide bonds. The van der Waals surface area contributed by atoms with Gasteiger partial charge in [-0.05, 0) is 18.8 Å². The van der Waals surface area contributed by atoms with Gasteiger partial charge in [-0.25, -0.2) is 16.8 Å². The molecule has 78 valence electrons. The third-order valence-corrected chi connectivity index (χ3v) is 5.12. The fourth-order valence-electron chi connectivity index (χ4n) is 1.41. The van der Waals surface area contributed by atoms with Crippen LogP contribution in [0, 0.1) is 5.92 Å². The quantitative estimate of drug-likeness (QED) is 0.676. The zero-order valence-corrected chi connectivity index (χ0v) is 9.33. The molecule has 4 nitrogen and oxygen atoms in total. The Labute approximate surface area is 82.6 Å². The number of hydrogen-bond donors (Lipinski definition) is 0. The highest BCUT2D eigenvalue weighted by atomic mass is 35.7. The maximum absolute atomic E-state index is 11.0. The lowest BCUT2D eigenvalue weighted by atomic mass is 10.1. The monoisotopic (exact) mass is 246 g/mol. The molecule has 0 N–H and O–H groups in total. The molecule has 0 aromatic heterocycles. The van der Waals surface area contributed by atoms with Crippen LogP contribution in [0.25, 0.3) is 0 Å². The van der Waals surface area contributed by atoms with Crippen molar-refractivity contribution in [3.63, 3.8) is 0 Å². The van der Waals surface area contributed by atoms with Crippen LogP contribution in [-0.4, -0.2) is 34.1 Å². The molecule has 1 rings (SSSR count). The third-order valence-electron chi connectivity index (χ3n) is 2.10. The number of rotatable bonds is 3. The molecular formula is C6H11ClO4S2. The summed E-state index contributed by atoms with van der Waals surface area (Å²) in [4.78, 5) is 0. The summed E-state index contributed by atoms with van der Waals surface area (Å²) in [7, 11) is -1.37. The first kappa shape index (κ1) is 11.3. The molecule has 0 aromatic rings. The van der Waals surface area contributed by atoms with E-state index in [9.17, 15) is 16.8 Å². The van der Waals surface area contributed by atoms with Crippen LogP contribution in [0.15, 0.2) is 0 Å². The minimum absolute atomic E-state index is 0.0291. The van der Waals surface area contributed by atoms with Crippen molar-refractivity contribution >= 4 is 29.6 Å². The average Bonchev–Trinajstić information content (AvgIpc) is 2.24. The summed E-state index contributed by atoms with van der Waals surface area (Å²) in [5.74, 6) is 0.132. The minimum atomic E-state index is -3.47. The lowest BCUT2D eigenvalue weighted by Crippen LogP contribution is -2.09. The second-order valence-electron chi connectivity index (χ2n) is 3.30. The first-order chi connectivity index (χ1) is 5.79. The van der Waals surface area contributed by atoms with Crippen molar-refractivity contribution in [2.45, 2.75) is 12.8 Å². The van der Waals surface area contributed by atoms with Gasteiger partial charge < -0.3 is 0 Å². The van der Waals surface area contributed by atoms with E-state index in [1.54, 1.807) is 0 Å². The molecule has 1 heterocycles. The van der Waals surface area contributed by atoms with Gasteiger partial charge >= 0.3 is 0 Å². The highest BCUT2D eigenvalue weighted by Crippen LogP contribution is 2.22. The van der Waals surface area contributed by atoms with E-state index < -0.39 is 18.9 Å². The smallest absolute Gasteiger partial charge is 0.229 e. The Bertz CT molecular complexity index is 369. The van der Waals surface area contributed by atoms with Crippen molar-refractivity contribution in [3.8, 4) is 0 Å². The van der Waals surface area contributed by atoms with Gasteiger partial charge in [-0.15, -0.1) is 0 Å². The first-order valence-electron chi connectivity index (χ1n) is 3.91. The van der Waals surface area contributed by atoms with E-state index in [0.29, 0.717) is 12.8 Å². The Morgan fingerprint density at radius 2 is 2.00 bits per heavy atom. The van der Waals surface area contributed by atoms with Crippen LogP contribution in [0.5, 0.6) is 0 Å². The number of hydrogen-bond acceptors (Lipinski definition) is 4. The van der Waals surface area contributed by atoms with E-state index in [4.69, 9.17) is 10.7 Å². The highest BCUT2D eigenvalue weighted by molar-refractivity contribution is 8.13. The van der Waals surface area contributed by atoms with Gasteiger partial charge in [-0.3, -0.25) is 0 Å². The van der Waals surface area contributed by atoms with Crippen LogP contribution >= 0.6 is 10.7 Å². The van der Waals surface area contributed by atoms with Crippen LogP contribution < -0.4 is 0 Å². The molecular weight excluding hydrogens is 236 g/mol. The molecule has 7 heteroatoms. The molecule has 1 aliphatic rings. The van der Waals surface area contributed by atoms with Crippen LogP contribution in [-0.2, 0) is 18.9 Å². The van der Waals surface area contributed by atoms with Gasteiger partial charge in [0.2, 0.25) is 9.05 Å². The third kappa shape index (κ3) is 4.28. The van der Waals surface area contributed by atoms with Gasteiger partial charge in [-0.1, -0.05) is 0 Å². The molecule has 13 heavy (non-hydrogen) atoms. The van der Waals surface area contributed by atoms with Crippen LogP contribution in [0.4, 0.5) is 0 Å². The molecule has 0 unspecified atom stereocenters. The summed E-state index contributed by atoms with van der Waals surface area (Å²) in [5, 5.41) is 0. The average molecular weight is 247 g/mol. The fourth-order valence-corrected chi connectivity index (χ4v) is 4.20. The molecule has 1 fully saturated rings. The van der Waals surface area contributed by atoms with E-state index in [1.807, 2.05) is 0 Å². The Balaban J connectivity index is 2.42. The Morgan fingerprint density at radius 1 is 1.38 bits per heavy atom. The summed E-state index contributed by atoms with van der Waals surface area (Å²) in [5.41, 5.74) is 0. The van der Waals surface area contributed by atoms with Crippen LogP contribution in [0.1, 0.15) is 12.8 Å². The normalized spacial score (nSPS) is 27.6. The predicted octanol–water partition coefficient (Wildman–Crippen LogP) is 0.380. The molecule has 0 radical (unpaired) electrons. The van der Waals surface area contributed by atoms with Gasteiger partial charge in [0, 0.05) is 10.7 Å². The van der Waals surface area contributed by atoms with Crippen molar-refractivity contribution in [1.29, 1.82) is 0 Å². The van der Waals surface area contributed by atoms with E-state index in [2.05, 4.69) is 0 Å². The van der Waals surface area contributed by atoms with Crippen LogP contribution in [0.3, 0.4) is 0 Å². The summed E-state index contributed by atoms with van der Waals surface area (Å²) in [6, 6.07) is 0. The fraction of sp³-hybridized carbons (Fsp3) is 1.00. The zero-order chi connectivity index (χ0) is 10.1. The summed E-state index contributed by atoms with van der Waals surface area (Å²) in [6.07, 6.45) is 0.916. The molecule has 0 saturated carbocycles. The second kappa shape index (κ2) is 3.74. The lowest BCUT2D eigenvalue weighted by molar-refractivity contribution is 0.557. The molecule has 1 saturated heterocycles. The van der Waals surface area contributed by atoms with Crippen molar-refractivity contribution in [3.05, 3.63) is 0 Å². The second-order valence-corrected chi connectivity index (χ2v) is 8.43. The predicted molar refractivity (Wildman–Crippen MR) is 51.0 cm³/mol. The maximum atomic E-state index is 11.0. The SMILES string of the molecule is O=S(=O)(Cl)CC[C@@H]1CCS(=O)(=O)C1. The molecule has 1 atom stereocenters. The maximum Gasteiger partial charge on any atom is 0.232 e. The molecule has 0 aliphatic carbocycles. The van der Waals surface area contributed by atoms with E-state index in [0.717, 1.165) is 0 Å². The highest BCUT2D eigenvalue weighted by Gasteiger charge is 2.28. The Kier molecular flexibility index (Phi) is 3.24. The minimum Gasteiger partial charge on any atom is -0.229 e. The van der Waals surface area contributed by atoms with Gasteiger partial charge in [-0.2, -0.15) is 0 Å².